The third-order valence-corrected chi connectivity index (χ3v) is 3.72. The van der Waals surface area contributed by atoms with Crippen molar-refractivity contribution in [3.05, 3.63) is 70.8 Å². The summed E-state index contributed by atoms with van der Waals surface area (Å²) in [6.45, 7) is 0.761. The maximum atomic E-state index is 4.32. The monoisotopic (exact) mass is 312 g/mol. The molecule has 1 heterocycles. The molecule has 3 heteroatoms. The van der Waals surface area contributed by atoms with Crippen molar-refractivity contribution in [2.75, 3.05) is 5.32 Å². The highest BCUT2D eigenvalue weighted by Crippen LogP contribution is 2.22. The van der Waals surface area contributed by atoms with Crippen molar-refractivity contribution in [1.82, 2.24) is 4.98 Å². The SMILES string of the molecule is Brc1cccnc1NCc1cccc2ccccc12. The van der Waals surface area contributed by atoms with E-state index in [2.05, 4.69) is 68.7 Å². The fourth-order valence-electron chi connectivity index (χ4n) is 2.14. The number of nitrogens with zero attached hydrogens (tertiary/aromatic N) is 1. The number of aromatic nitrogens is 1. The Kier molecular flexibility index (Phi) is 3.47. The molecule has 1 aromatic heterocycles. The lowest BCUT2D eigenvalue weighted by Crippen LogP contribution is -2.02. The minimum atomic E-state index is 0.761. The molecule has 0 aliphatic heterocycles. The quantitative estimate of drug-likeness (QED) is 0.764. The van der Waals surface area contributed by atoms with Crippen LogP contribution in [0.2, 0.25) is 0 Å². The molecule has 2 nitrogen and oxygen atoms in total. The van der Waals surface area contributed by atoms with E-state index in [0.29, 0.717) is 0 Å². The lowest BCUT2D eigenvalue weighted by molar-refractivity contribution is 1.12. The number of hydrogen-bond acceptors (Lipinski definition) is 2. The zero-order valence-corrected chi connectivity index (χ0v) is 11.9. The number of nitrogens with one attached hydrogen (secondary N) is 1. The molecule has 3 aromatic rings. The van der Waals surface area contributed by atoms with Gasteiger partial charge in [-0.25, -0.2) is 4.98 Å². The molecule has 3 rings (SSSR count). The first kappa shape index (κ1) is 12.2. The number of hydrogen-bond donors (Lipinski definition) is 1. The second-order valence-corrected chi connectivity index (χ2v) is 5.18. The van der Waals surface area contributed by atoms with Crippen molar-refractivity contribution in [3.63, 3.8) is 0 Å². The van der Waals surface area contributed by atoms with Gasteiger partial charge in [-0.1, -0.05) is 42.5 Å². The Morgan fingerprint density at radius 1 is 0.947 bits per heavy atom. The van der Waals surface area contributed by atoms with Crippen LogP contribution < -0.4 is 5.32 Å². The fraction of sp³-hybridized carbons (Fsp3) is 0.0625. The third kappa shape index (κ3) is 2.61. The molecule has 0 unspecified atom stereocenters. The first-order valence-corrected chi connectivity index (χ1v) is 6.95. The molecule has 0 aliphatic carbocycles. The van der Waals surface area contributed by atoms with Crippen LogP contribution >= 0.6 is 15.9 Å². The summed E-state index contributed by atoms with van der Waals surface area (Å²) >= 11 is 3.49. The largest absolute Gasteiger partial charge is 0.365 e. The van der Waals surface area contributed by atoms with Crippen LogP contribution in [0.5, 0.6) is 0 Å². The summed E-state index contributed by atoms with van der Waals surface area (Å²) < 4.78 is 0.982. The molecule has 0 radical (unpaired) electrons. The highest BCUT2D eigenvalue weighted by atomic mass is 79.9. The van der Waals surface area contributed by atoms with Crippen molar-refractivity contribution in [1.29, 1.82) is 0 Å². The highest BCUT2D eigenvalue weighted by molar-refractivity contribution is 9.10. The minimum absolute atomic E-state index is 0.761. The Balaban J connectivity index is 1.88. The van der Waals surface area contributed by atoms with Crippen molar-refractivity contribution in [3.8, 4) is 0 Å². The van der Waals surface area contributed by atoms with E-state index < -0.39 is 0 Å². The van der Waals surface area contributed by atoms with Crippen molar-refractivity contribution < 1.29 is 0 Å². The molecule has 2 aromatic carbocycles. The van der Waals surface area contributed by atoms with Gasteiger partial charge in [-0.05, 0) is 44.4 Å². The van der Waals surface area contributed by atoms with E-state index in [9.17, 15) is 0 Å². The Hall–Kier alpha value is -1.87. The molecule has 0 atom stereocenters. The predicted octanol–water partition coefficient (Wildman–Crippen LogP) is 4.61. The molecule has 0 saturated heterocycles. The fourth-order valence-corrected chi connectivity index (χ4v) is 2.54. The van der Waals surface area contributed by atoms with Gasteiger partial charge >= 0.3 is 0 Å². The third-order valence-electron chi connectivity index (χ3n) is 3.08. The normalized spacial score (nSPS) is 10.6. The molecule has 0 aliphatic rings. The van der Waals surface area contributed by atoms with Gasteiger partial charge in [-0.3, -0.25) is 0 Å². The van der Waals surface area contributed by atoms with E-state index in [1.165, 1.54) is 16.3 Å². The Labute approximate surface area is 120 Å². The second kappa shape index (κ2) is 5.41. The van der Waals surface area contributed by atoms with Gasteiger partial charge in [0.05, 0.1) is 4.47 Å². The van der Waals surface area contributed by atoms with Crippen molar-refractivity contribution >= 4 is 32.5 Å². The number of benzene rings is 2. The van der Waals surface area contributed by atoms with Crippen LogP contribution in [0.1, 0.15) is 5.56 Å². The van der Waals surface area contributed by atoms with E-state index in [-0.39, 0.29) is 0 Å². The number of anilines is 1. The Morgan fingerprint density at radius 2 is 1.79 bits per heavy atom. The molecular weight excluding hydrogens is 300 g/mol. The molecule has 1 N–H and O–H groups in total. The van der Waals surface area contributed by atoms with Crippen LogP contribution in [-0.4, -0.2) is 4.98 Å². The van der Waals surface area contributed by atoms with Gasteiger partial charge < -0.3 is 5.32 Å². The van der Waals surface area contributed by atoms with Crippen LogP contribution in [-0.2, 0) is 6.54 Å². The number of rotatable bonds is 3. The van der Waals surface area contributed by atoms with Gasteiger partial charge in [-0.15, -0.1) is 0 Å². The smallest absolute Gasteiger partial charge is 0.140 e. The summed E-state index contributed by atoms with van der Waals surface area (Å²) in [5.74, 6) is 0.871. The van der Waals surface area contributed by atoms with Crippen molar-refractivity contribution in [2.24, 2.45) is 0 Å². The van der Waals surface area contributed by atoms with E-state index in [1.807, 2.05) is 12.1 Å². The van der Waals surface area contributed by atoms with E-state index in [1.54, 1.807) is 6.20 Å². The first-order chi connectivity index (χ1) is 9.34. The van der Waals surface area contributed by atoms with Crippen molar-refractivity contribution in [2.45, 2.75) is 6.54 Å². The van der Waals surface area contributed by atoms with Crippen LogP contribution in [0.4, 0.5) is 5.82 Å². The molecule has 0 bridgehead atoms. The summed E-state index contributed by atoms with van der Waals surface area (Å²) in [6, 6.07) is 18.7. The predicted molar refractivity (Wildman–Crippen MR) is 83.2 cm³/mol. The van der Waals surface area contributed by atoms with E-state index >= 15 is 0 Å². The number of fused-ring (bicyclic) bond motifs is 1. The van der Waals surface area contributed by atoms with Gasteiger partial charge in [0.1, 0.15) is 5.82 Å². The summed E-state index contributed by atoms with van der Waals surface area (Å²) in [5.41, 5.74) is 1.27. The lowest BCUT2D eigenvalue weighted by Gasteiger charge is -2.09. The summed E-state index contributed by atoms with van der Waals surface area (Å²) in [4.78, 5) is 4.32. The second-order valence-electron chi connectivity index (χ2n) is 4.33. The average molecular weight is 313 g/mol. The Morgan fingerprint density at radius 3 is 2.68 bits per heavy atom. The van der Waals surface area contributed by atoms with Gasteiger partial charge in [0, 0.05) is 12.7 Å². The van der Waals surface area contributed by atoms with E-state index in [4.69, 9.17) is 0 Å². The Bertz CT molecular complexity index is 704. The summed E-state index contributed by atoms with van der Waals surface area (Å²) in [6.07, 6.45) is 1.79. The molecule has 94 valence electrons. The summed E-state index contributed by atoms with van der Waals surface area (Å²) in [5, 5.41) is 5.91. The number of pyridine rings is 1. The van der Waals surface area contributed by atoms with E-state index in [0.717, 1.165) is 16.8 Å². The molecule has 0 fully saturated rings. The van der Waals surface area contributed by atoms with Crippen LogP contribution in [0, 0.1) is 0 Å². The molecule has 0 saturated carbocycles. The average Bonchev–Trinajstić information content (AvgIpc) is 2.46. The van der Waals surface area contributed by atoms with Crippen LogP contribution in [0.15, 0.2) is 65.3 Å². The maximum absolute atomic E-state index is 4.32. The van der Waals surface area contributed by atoms with Gasteiger partial charge in [-0.2, -0.15) is 0 Å². The minimum Gasteiger partial charge on any atom is -0.365 e. The summed E-state index contributed by atoms with van der Waals surface area (Å²) in [7, 11) is 0. The molecule has 0 spiro atoms. The highest BCUT2D eigenvalue weighted by Gasteiger charge is 2.02. The zero-order valence-electron chi connectivity index (χ0n) is 10.3. The lowest BCUT2D eigenvalue weighted by atomic mass is 10.0. The molecule has 0 amide bonds. The standard InChI is InChI=1S/C16H13BrN2/c17-15-9-4-10-18-16(15)19-11-13-7-3-6-12-5-1-2-8-14(12)13/h1-10H,11H2,(H,18,19). The maximum Gasteiger partial charge on any atom is 0.140 e. The van der Waals surface area contributed by atoms with Gasteiger partial charge in [0.2, 0.25) is 0 Å². The zero-order chi connectivity index (χ0) is 13.1. The van der Waals surface area contributed by atoms with Gasteiger partial charge in [0.15, 0.2) is 0 Å². The molecule has 19 heavy (non-hydrogen) atoms. The van der Waals surface area contributed by atoms with Crippen LogP contribution in [0.25, 0.3) is 10.8 Å². The topological polar surface area (TPSA) is 24.9 Å². The van der Waals surface area contributed by atoms with Gasteiger partial charge in [0.25, 0.3) is 0 Å². The first-order valence-electron chi connectivity index (χ1n) is 6.15. The molecular formula is C16H13BrN2. The number of halogens is 1. The van der Waals surface area contributed by atoms with Crippen LogP contribution in [0.3, 0.4) is 0 Å².